The number of carbonyl (C=O) groups excluding carboxylic acids is 1. The molecule has 76 valence electrons. The van der Waals surface area contributed by atoms with E-state index in [-0.39, 0.29) is 5.78 Å². The van der Waals surface area contributed by atoms with Gasteiger partial charge in [-0.25, -0.2) is 0 Å². The molecule has 0 N–H and O–H groups in total. The van der Waals surface area contributed by atoms with E-state index >= 15 is 0 Å². The Hall–Kier alpha value is -1.37. The van der Waals surface area contributed by atoms with Crippen LogP contribution in [-0.2, 0) is 4.79 Å². The van der Waals surface area contributed by atoms with Crippen molar-refractivity contribution >= 4 is 5.78 Å². The average Bonchev–Trinajstić information content (AvgIpc) is 2.21. The molecule has 0 unspecified atom stereocenters. The van der Waals surface area contributed by atoms with Crippen LogP contribution in [0, 0.1) is 0 Å². The molecule has 0 amide bonds. The Morgan fingerprint density at radius 2 is 1.36 bits per heavy atom. The minimum Gasteiger partial charge on any atom is -0.289 e. The lowest BCUT2D eigenvalue weighted by Gasteiger charge is -2.00. The smallest absolute Gasteiger partial charge is 0.183 e. The highest BCUT2D eigenvalue weighted by Crippen LogP contribution is 2.07. The molecule has 1 heteroatoms. The van der Waals surface area contributed by atoms with Gasteiger partial charge in [-0.1, -0.05) is 24.3 Å². The van der Waals surface area contributed by atoms with Crippen LogP contribution in [0.1, 0.15) is 26.7 Å². The van der Waals surface area contributed by atoms with E-state index in [1.807, 2.05) is 26.0 Å². The predicted octanol–water partition coefficient (Wildman–Crippen LogP) is 3.60. The van der Waals surface area contributed by atoms with Crippen molar-refractivity contribution in [2.24, 2.45) is 0 Å². The minimum absolute atomic E-state index is 0.105. The first kappa shape index (κ1) is 12.6. The fraction of sp³-hybridized carbons (Fsp3) is 0.308. The van der Waals surface area contributed by atoms with Gasteiger partial charge in [0.15, 0.2) is 5.78 Å². The summed E-state index contributed by atoms with van der Waals surface area (Å²) in [6, 6.07) is 0. The van der Waals surface area contributed by atoms with Crippen molar-refractivity contribution in [1.29, 1.82) is 0 Å². The molecule has 0 heterocycles. The molecule has 0 bridgehead atoms. The first-order chi connectivity index (χ1) is 6.63. The Balaban J connectivity index is 4.44. The molecule has 0 atom stereocenters. The van der Waals surface area contributed by atoms with Gasteiger partial charge in [0.2, 0.25) is 0 Å². The Morgan fingerprint density at radius 1 is 1.00 bits per heavy atom. The molecular weight excluding hydrogens is 172 g/mol. The zero-order valence-corrected chi connectivity index (χ0v) is 9.05. The van der Waals surface area contributed by atoms with Crippen molar-refractivity contribution in [2.45, 2.75) is 26.7 Å². The number of allylic oxidation sites excluding steroid dienone is 6. The van der Waals surface area contributed by atoms with Crippen LogP contribution >= 0.6 is 0 Å². The molecule has 0 saturated heterocycles. The second kappa shape index (κ2) is 7.07. The van der Waals surface area contributed by atoms with Crippen molar-refractivity contribution < 1.29 is 4.79 Å². The highest BCUT2D eigenvalue weighted by molar-refractivity contribution is 6.07. The van der Waals surface area contributed by atoms with Gasteiger partial charge >= 0.3 is 0 Å². The third-order valence-corrected chi connectivity index (χ3v) is 1.90. The monoisotopic (exact) mass is 190 g/mol. The summed E-state index contributed by atoms with van der Waals surface area (Å²) in [6.07, 6.45) is 8.82. The largest absolute Gasteiger partial charge is 0.289 e. The maximum atomic E-state index is 11.6. The van der Waals surface area contributed by atoms with Gasteiger partial charge < -0.3 is 0 Å². The topological polar surface area (TPSA) is 17.1 Å². The summed E-state index contributed by atoms with van der Waals surface area (Å²) in [6.45, 7) is 10.9. The zero-order chi connectivity index (χ0) is 11.0. The molecule has 14 heavy (non-hydrogen) atoms. The molecule has 0 aromatic rings. The summed E-state index contributed by atoms with van der Waals surface area (Å²) in [5.74, 6) is 0.105. The van der Waals surface area contributed by atoms with Crippen LogP contribution in [0.3, 0.4) is 0 Å². The maximum absolute atomic E-state index is 11.6. The van der Waals surface area contributed by atoms with Crippen molar-refractivity contribution in [2.75, 3.05) is 0 Å². The van der Waals surface area contributed by atoms with Crippen LogP contribution < -0.4 is 0 Å². The lowest BCUT2D eigenvalue weighted by molar-refractivity contribution is -0.112. The minimum atomic E-state index is 0.105. The number of Topliss-reactive ketones (excluding diaryl/α,β-unsaturated/α-hetero) is 1. The highest BCUT2D eigenvalue weighted by atomic mass is 16.1. The molecule has 0 radical (unpaired) electrons. The Bertz CT molecular complexity index is 252. The molecule has 0 aliphatic carbocycles. The van der Waals surface area contributed by atoms with E-state index in [4.69, 9.17) is 0 Å². The summed E-state index contributed by atoms with van der Waals surface area (Å²) in [5, 5.41) is 0. The van der Waals surface area contributed by atoms with E-state index in [9.17, 15) is 4.79 Å². The zero-order valence-electron chi connectivity index (χ0n) is 9.05. The summed E-state index contributed by atoms with van der Waals surface area (Å²) in [7, 11) is 0. The lowest BCUT2D eigenvalue weighted by atomic mass is 10.0. The van der Waals surface area contributed by atoms with Gasteiger partial charge in [-0.3, -0.25) is 4.79 Å². The standard InChI is InChI=1S/C13H18O/c1-5-7-9-11(3)13(14)12(4)10-8-6-2/h5-6,9-10H,1-2,7-8H2,3-4H3. The van der Waals surface area contributed by atoms with Gasteiger partial charge in [-0.15, -0.1) is 13.2 Å². The molecule has 0 rings (SSSR count). The number of hydrogen-bond acceptors (Lipinski definition) is 1. The SMILES string of the molecule is C=CCC=C(C)C(=O)C(C)=CCC=C. The molecule has 0 aromatic heterocycles. The fourth-order valence-electron chi connectivity index (χ4n) is 1.02. The van der Waals surface area contributed by atoms with Crippen LogP contribution in [0.25, 0.3) is 0 Å². The van der Waals surface area contributed by atoms with Gasteiger partial charge in [0.25, 0.3) is 0 Å². The molecule has 0 fully saturated rings. The van der Waals surface area contributed by atoms with Crippen molar-refractivity contribution in [3.05, 3.63) is 48.6 Å². The first-order valence-corrected chi connectivity index (χ1v) is 4.73. The molecule has 0 aromatic carbocycles. The van der Waals surface area contributed by atoms with Gasteiger partial charge in [-0.2, -0.15) is 0 Å². The van der Waals surface area contributed by atoms with Crippen LogP contribution in [0.2, 0.25) is 0 Å². The van der Waals surface area contributed by atoms with E-state index in [0.29, 0.717) is 0 Å². The quantitative estimate of drug-likeness (QED) is 0.462. The van der Waals surface area contributed by atoms with Gasteiger partial charge in [0.1, 0.15) is 0 Å². The average molecular weight is 190 g/mol. The lowest BCUT2D eigenvalue weighted by Crippen LogP contribution is -2.00. The Kier molecular flexibility index (Phi) is 6.38. The van der Waals surface area contributed by atoms with Crippen LogP contribution in [0.4, 0.5) is 0 Å². The number of carbonyl (C=O) groups is 1. The van der Waals surface area contributed by atoms with Gasteiger partial charge in [0, 0.05) is 0 Å². The van der Waals surface area contributed by atoms with Gasteiger partial charge in [0.05, 0.1) is 0 Å². The van der Waals surface area contributed by atoms with Crippen LogP contribution in [0.15, 0.2) is 48.6 Å². The summed E-state index contributed by atoms with van der Waals surface area (Å²) in [4.78, 5) is 11.6. The summed E-state index contributed by atoms with van der Waals surface area (Å²) < 4.78 is 0. The maximum Gasteiger partial charge on any atom is 0.183 e. The van der Waals surface area contributed by atoms with Crippen molar-refractivity contribution in [1.82, 2.24) is 0 Å². The first-order valence-electron chi connectivity index (χ1n) is 4.73. The van der Waals surface area contributed by atoms with E-state index in [2.05, 4.69) is 13.2 Å². The third kappa shape index (κ3) is 4.61. The van der Waals surface area contributed by atoms with Crippen LogP contribution in [0.5, 0.6) is 0 Å². The number of rotatable bonds is 6. The number of hydrogen-bond donors (Lipinski definition) is 0. The molecule has 0 aliphatic rings. The van der Waals surface area contributed by atoms with E-state index < -0.39 is 0 Å². The molecule has 0 saturated carbocycles. The van der Waals surface area contributed by atoms with E-state index in [1.165, 1.54) is 0 Å². The number of ketones is 1. The summed E-state index contributed by atoms with van der Waals surface area (Å²) in [5.41, 5.74) is 1.56. The Morgan fingerprint density at radius 3 is 1.64 bits per heavy atom. The van der Waals surface area contributed by atoms with Gasteiger partial charge in [-0.05, 0) is 37.8 Å². The molecule has 0 spiro atoms. The second-order valence-corrected chi connectivity index (χ2v) is 3.15. The molecule has 1 nitrogen and oxygen atoms in total. The second-order valence-electron chi connectivity index (χ2n) is 3.15. The molecular formula is C13H18O. The fourth-order valence-corrected chi connectivity index (χ4v) is 1.02. The highest BCUT2D eigenvalue weighted by Gasteiger charge is 2.04. The Labute approximate surface area is 86.5 Å². The van der Waals surface area contributed by atoms with Crippen LogP contribution in [-0.4, -0.2) is 5.78 Å². The third-order valence-electron chi connectivity index (χ3n) is 1.90. The molecule has 0 aliphatic heterocycles. The predicted molar refractivity (Wildman–Crippen MR) is 62.1 cm³/mol. The normalized spacial score (nSPS) is 12.4. The van der Waals surface area contributed by atoms with Crippen molar-refractivity contribution in [3.63, 3.8) is 0 Å². The van der Waals surface area contributed by atoms with E-state index in [1.54, 1.807) is 12.2 Å². The summed E-state index contributed by atoms with van der Waals surface area (Å²) >= 11 is 0. The van der Waals surface area contributed by atoms with Crippen molar-refractivity contribution in [3.8, 4) is 0 Å². The van der Waals surface area contributed by atoms with E-state index in [0.717, 1.165) is 24.0 Å².